The van der Waals surface area contributed by atoms with E-state index in [0.717, 1.165) is 11.1 Å². The van der Waals surface area contributed by atoms with Crippen molar-refractivity contribution in [3.05, 3.63) is 63.2 Å². The molecule has 1 aliphatic rings. The molecule has 2 aromatic carbocycles. The molecule has 0 bridgehead atoms. The van der Waals surface area contributed by atoms with Crippen LogP contribution in [-0.2, 0) is 17.9 Å². The van der Waals surface area contributed by atoms with Gasteiger partial charge in [-0.25, -0.2) is 0 Å². The normalized spacial score (nSPS) is 13.1. The van der Waals surface area contributed by atoms with Gasteiger partial charge < -0.3 is 9.47 Å². The Morgan fingerprint density at radius 2 is 2.15 bits per heavy atom. The molecule has 0 spiro atoms. The van der Waals surface area contributed by atoms with E-state index in [2.05, 4.69) is 15.4 Å². The van der Waals surface area contributed by atoms with Crippen molar-refractivity contribution < 1.29 is 14.4 Å². The summed E-state index contributed by atoms with van der Waals surface area (Å²) in [6.45, 7) is 2.56. The van der Waals surface area contributed by atoms with Gasteiger partial charge in [-0.15, -0.1) is 10.2 Å². The van der Waals surface area contributed by atoms with Crippen LogP contribution in [0.15, 0.2) is 36.4 Å². The van der Waals surface area contributed by atoms with Crippen LogP contribution in [0.4, 0.5) is 5.69 Å². The van der Waals surface area contributed by atoms with E-state index < -0.39 is 4.92 Å². The van der Waals surface area contributed by atoms with E-state index in [1.54, 1.807) is 0 Å². The monoisotopic (exact) mass is 353 g/mol. The van der Waals surface area contributed by atoms with E-state index in [-0.39, 0.29) is 25.6 Å². The van der Waals surface area contributed by atoms with E-state index in [1.165, 1.54) is 16.9 Å². The summed E-state index contributed by atoms with van der Waals surface area (Å²) in [5.41, 5.74) is 3.17. The minimum atomic E-state index is -0.439. The summed E-state index contributed by atoms with van der Waals surface area (Å²) in [5.74, 6) is 1.09. The molecule has 0 fully saturated rings. The highest BCUT2D eigenvalue weighted by Gasteiger charge is 2.22. The number of nitro benzene ring substituents is 1. The van der Waals surface area contributed by atoms with Gasteiger partial charge in [-0.05, 0) is 17.7 Å². The molecule has 9 nitrogen and oxygen atoms in total. The van der Waals surface area contributed by atoms with Crippen molar-refractivity contribution in [2.45, 2.75) is 20.1 Å². The zero-order valence-electron chi connectivity index (χ0n) is 14.0. The number of fused-ring (bicyclic) bond motifs is 1. The lowest BCUT2D eigenvalue weighted by Gasteiger charge is -2.20. The average Bonchev–Trinajstić information content (AvgIpc) is 3.10. The van der Waals surface area contributed by atoms with Crippen molar-refractivity contribution in [2.75, 3.05) is 6.79 Å². The van der Waals surface area contributed by atoms with Gasteiger partial charge in [0.2, 0.25) is 5.82 Å². The standard InChI is InChI=1S/C17H15N5O4/c1-11-4-2-3-5-15(11)17-18-20-21(19-17)8-12-6-14(22(23)24)7-13-9-25-10-26-16(12)13/h2-7H,8-10H2,1H3. The van der Waals surface area contributed by atoms with Crippen molar-refractivity contribution in [1.82, 2.24) is 20.2 Å². The molecule has 0 N–H and O–H groups in total. The van der Waals surface area contributed by atoms with E-state index in [4.69, 9.17) is 9.47 Å². The second-order valence-corrected chi connectivity index (χ2v) is 5.92. The summed E-state index contributed by atoms with van der Waals surface area (Å²) in [6, 6.07) is 10.7. The molecule has 132 valence electrons. The predicted molar refractivity (Wildman–Crippen MR) is 90.5 cm³/mol. The molecule has 9 heteroatoms. The molecule has 26 heavy (non-hydrogen) atoms. The maximum atomic E-state index is 11.2. The highest BCUT2D eigenvalue weighted by Crippen LogP contribution is 2.33. The fourth-order valence-electron chi connectivity index (χ4n) is 2.90. The molecule has 0 saturated carbocycles. The smallest absolute Gasteiger partial charge is 0.270 e. The fourth-order valence-corrected chi connectivity index (χ4v) is 2.90. The number of aromatic nitrogens is 4. The molecule has 1 aliphatic heterocycles. The molecule has 0 saturated heterocycles. The predicted octanol–water partition coefficient (Wildman–Crippen LogP) is 2.47. The van der Waals surface area contributed by atoms with Crippen molar-refractivity contribution >= 4 is 5.69 Å². The first-order chi connectivity index (χ1) is 12.6. The number of ether oxygens (including phenoxy) is 2. The number of benzene rings is 2. The molecule has 0 radical (unpaired) electrons. The van der Waals surface area contributed by atoms with Gasteiger partial charge in [0, 0.05) is 28.8 Å². The molecule has 2 heterocycles. The van der Waals surface area contributed by atoms with Crippen LogP contribution in [0.3, 0.4) is 0 Å². The van der Waals surface area contributed by atoms with Gasteiger partial charge >= 0.3 is 0 Å². The van der Waals surface area contributed by atoms with E-state index in [0.29, 0.717) is 22.7 Å². The van der Waals surface area contributed by atoms with Gasteiger partial charge in [0.15, 0.2) is 6.79 Å². The van der Waals surface area contributed by atoms with Crippen molar-refractivity contribution in [2.24, 2.45) is 0 Å². The Morgan fingerprint density at radius 3 is 2.96 bits per heavy atom. The fraction of sp³-hybridized carbons (Fsp3) is 0.235. The van der Waals surface area contributed by atoms with Gasteiger partial charge in [0.05, 0.1) is 18.1 Å². The summed E-state index contributed by atoms with van der Waals surface area (Å²) in [5, 5.41) is 23.8. The first-order valence-corrected chi connectivity index (χ1v) is 7.96. The van der Waals surface area contributed by atoms with Crippen molar-refractivity contribution in [1.29, 1.82) is 0 Å². The van der Waals surface area contributed by atoms with E-state index >= 15 is 0 Å². The SMILES string of the molecule is Cc1ccccc1-c1nnn(Cc2cc([N+](=O)[O-])cc3c2OCOC3)n1. The molecule has 0 atom stereocenters. The zero-order valence-corrected chi connectivity index (χ0v) is 14.0. The lowest BCUT2D eigenvalue weighted by molar-refractivity contribution is -0.385. The minimum absolute atomic E-state index is 0.0212. The van der Waals surface area contributed by atoms with Crippen molar-refractivity contribution in [3.8, 4) is 17.1 Å². The van der Waals surface area contributed by atoms with Crippen LogP contribution in [0.1, 0.15) is 16.7 Å². The first kappa shape index (κ1) is 16.2. The molecule has 3 aromatic rings. The number of aryl methyl sites for hydroxylation is 1. The first-order valence-electron chi connectivity index (χ1n) is 7.96. The largest absolute Gasteiger partial charge is 0.467 e. The van der Waals surface area contributed by atoms with Gasteiger partial charge in [-0.2, -0.15) is 4.80 Å². The highest BCUT2D eigenvalue weighted by atomic mass is 16.7. The summed E-state index contributed by atoms with van der Waals surface area (Å²) < 4.78 is 10.8. The second kappa shape index (κ2) is 6.52. The van der Waals surface area contributed by atoms with Crippen LogP contribution in [0.25, 0.3) is 11.4 Å². The van der Waals surface area contributed by atoms with Crippen LogP contribution < -0.4 is 4.74 Å². The minimum Gasteiger partial charge on any atom is -0.467 e. The molecule has 0 unspecified atom stereocenters. The average molecular weight is 353 g/mol. The molecule has 0 amide bonds. The maximum Gasteiger partial charge on any atom is 0.270 e. The van der Waals surface area contributed by atoms with Crippen LogP contribution in [0.2, 0.25) is 0 Å². The Kier molecular flexibility index (Phi) is 4.05. The summed E-state index contributed by atoms with van der Waals surface area (Å²) in [7, 11) is 0. The Bertz CT molecular complexity index is 985. The van der Waals surface area contributed by atoms with Crippen molar-refractivity contribution in [3.63, 3.8) is 0 Å². The van der Waals surface area contributed by atoms with Crippen LogP contribution >= 0.6 is 0 Å². The molecule has 4 rings (SSSR count). The Balaban J connectivity index is 1.69. The van der Waals surface area contributed by atoms with Gasteiger partial charge in [-0.3, -0.25) is 10.1 Å². The number of nitrogens with zero attached hydrogens (tertiary/aromatic N) is 5. The number of non-ortho nitro benzene ring substituents is 1. The Morgan fingerprint density at radius 1 is 1.31 bits per heavy atom. The summed E-state index contributed by atoms with van der Waals surface area (Å²) in [6.07, 6.45) is 0. The summed E-state index contributed by atoms with van der Waals surface area (Å²) >= 11 is 0. The molecular weight excluding hydrogens is 338 g/mol. The zero-order chi connectivity index (χ0) is 18.1. The third-order valence-corrected chi connectivity index (χ3v) is 4.13. The quantitative estimate of drug-likeness (QED) is 0.524. The lowest BCUT2D eigenvalue weighted by Crippen LogP contribution is -2.15. The topological polar surface area (TPSA) is 105 Å². The van der Waals surface area contributed by atoms with Gasteiger partial charge in [0.1, 0.15) is 5.75 Å². The van der Waals surface area contributed by atoms with Crippen LogP contribution in [0.5, 0.6) is 5.75 Å². The second-order valence-electron chi connectivity index (χ2n) is 5.92. The lowest BCUT2D eigenvalue weighted by atomic mass is 10.1. The Labute approximate surface area is 148 Å². The summed E-state index contributed by atoms with van der Waals surface area (Å²) in [4.78, 5) is 12.2. The number of hydrogen-bond donors (Lipinski definition) is 0. The highest BCUT2D eigenvalue weighted by molar-refractivity contribution is 5.58. The van der Waals surface area contributed by atoms with Crippen LogP contribution in [-0.4, -0.2) is 31.9 Å². The van der Waals surface area contributed by atoms with Crippen LogP contribution in [0, 0.1) is 17.0 Å². The van der Waals surface area contributed by atoms with Gasteiger partial charge in [-0.1, -0.05) is 24.3 Å². The Hall–Kier alpha value is -3.33. The number of hydrogen-bond acceptors (Lipinski definition) is 7. The number of rotatable bonds is 4. The van der Waals surface area contributed by atoms with E-state index in [9.17, 15) is 10.1 Å². The maximum absolute atomic E-state index is 11.2. The van der Waals surface area contributed by atoms with E-state index in [1.807, 2.05) is 31.2 Å². The molecule has 0 aliphatic carbocycles. The third-order valence-electron chi connectivity index (χ3n) is 4.13. The number of nitro groups is 1. The molecule has 1 aromatic heterocycles. The third kappa shape index (κ3) is 3.00. The number of tetrazole rings is 1. The van der Waals surface area contributed by atoms with Gasteiger partial charge in [0.25, 0.3) is 5.69 Å². The molecular formula is C17H15N5O4.